The summed E-state index contributed by atoms with van der Waals surface area (Å²) in [4.78, 5) is 19.2. The molecule has 4 aromatic rings. The van der Waals surface area contributed by atoms with Gasteiger partial charge in [-0.15, -0.1) is 0 Å². The maximum absolute atomic E-state index is 13.3. The first kappa shape index (κ1) is 29.0. The fourth-order valence-electron chi connectivity index (χ4n) is 5.22. The van der Waals surface area contributed by atoms with Gasteiger partial charge in [-0.2, -0.15) is 5.01 Å². The second-order valence-electron chi connectivity index (χ2n) is 11.2. The van der Waals surface area contributed by atoms with Crippen LogP contribution in [-0.2, 0) is 10.3 Å². The first-order chi connectivity index (χ1) is 20.2. The number of carbonyl (C=O) groups is 1. The first-order valence-electron chi connectivity index (χ1n) is 14.1. The number of amides is 1. The van der Waals surface area contributed by atoms with E-state index in [4.69, 9.17) is 10.5 Å². The van der Waals surface area contributed by atoms with Crippen LogP contribution in [0.1, 0.15) is 37.5 Å². The Morgan fingerprint density at radius 2 is 1.40 bits per heavy atom. The van der Waals surface area contributed by atoms with Crippen molar-refractivity contribution in [3.63, 3.8) is 0 Å². The lowest BCUT2D eigenvalue weighted by molar-refractivity contribution is 0.0518. The Kier molecular flexibility index (Phi) is 8.40. The van der Waals surface area contributed by atoms with E-state index in [1.165, 1.54) is 4.90 Å². The van der Waals surface area contributed by atoms with Crippen LogP contribution in [0.25, 0.3) is 0 Å². The molecule has 1 aliphatic rings. The molecule has 4 N–H and O–H groups in total. The Bertz CT molecular complexity index is 1380. The molecule has 2 heterocycles. The molecule has 1 amide bonds. The smallest absolute Gasteiger partial charge is 0.416 e. The Hall–Kier alpha value is -4.50. The van der Waals surface area contributed by atoms with Crippen LogP contribution < -0.4 is 21.4 Å². The van der Waals surface area contributed by atoms with Crippen LogP contribution in [0.3, 0.4) is 0 Å². The second kappa shape index (κ2) is 12.2. The minimum atomic E-state index is -1.15. The van der Waals surface area contributed by atoms with E-state index in [1.54, 1.807) is 12.3 Å². The van der Waals surface area contributed by atoms with E-state index in [1.807, 2.05) is 105 Å². The molecule has 42 heavy (non-hydrogen) atoms. The summed E-state index contributed by atoms with van der Waals surface area (Å²) in [5, 5.41) is 5.73. The predicted octanol–water partition coefficient (Wildman–Crippen LogP) is 5.35. The third kappa shape index (κ3) is 6.21. The Morgan fingerprint density at radius 1 is 0.881 bits per heavy atom. The minimum Gasteiger partial charge on any atom is -0.443 e. The number of aromatic nitrogens is 1. The molecule has 0 spiro atoms. The number of anilines is 1. The topological polar surface area (TPSA) is 95.8 Å². The van der Waals surface area contributed by atoms with Gasteiger partial charge in [0.1, 0.15) is 11.4 Å². The van der Waals surface area contributed by atoms with E-state index < -0.39 is 23.0 Å². The average Bonchev–Trinajstić information content (AvgIpc) is 3.36. The summed E-state index contributed by atoms with van der Waals surface area (Å²) in [5.74, 6) is -0.646. The van der Waals surface area contributed by atoms with Gasteiger partial charge in [0.25, 0.3) is 0 Å². The fourth-order valence-corrected chi connectivity index (χ4v) is 5.22. The average molecular weight is 563 g/mol. The van der Waals surface area contributed by atoms with Crippen molar-refractivity contribution in [2.24, 2.45) is 5.73 Å². The van der Waals surface area contributed by atoms with E-state index in [9.17, 15) is 4.79 Å². The van der Waals surface area contributed by atoms with Gasteiger partial charge in [0.15, 0.2) is 5.79 Å². The van der Waals surface area contributed by atoms with Gasteiger partial charge in [0, 0.05) is 25.5 Å². The van der Waals surface area contributed by atoms with Crippen molar-refractivity contribution >= 4 is 11.9 Å². The normalized spacial score (nSPS) is 17.0. The van der Waals surface area contributed by atoms with Gasteiger partial charge in [-0.05, 0) is 55.7 Å². The molecule has 8 heteroatoms. The predicted molar refractivity (Wildman–Crippen MR) is 166 cm³/mol. The standard InChI is InChI=1S/C34H38N6O2/c1-32(2,3)42-31(41)39(30-21-13-14-23-36-30)25-26-40-33(35,22-24-37-40)38-34(27-15-7-4-8-16-27,28-17-9-5-10-18-28)29-19-11-6-12-20-29/h4-24,37-38H,25-26,35H2,1-3H3. The van der Waals surface area contributed by atoms with Crippen LogP contribution >= 0.6 is 0 Å². The number of nitrogens with two attached hydrogens (primary N) is 1. The van der Waals surface area contributed by atoms with E-state index >= 15 is 0 Å². The van der Waals surface area contributed by atoms with Crippen molar-refractivity contribution in [2.75, 3.05) is 18.0 Å². The summed E-state index contributed by atoms with van der Waals surface area (Å²) < 4.78 is 5.72. The largest absolute Gasteiger partial charge is 0.443 e. The number of nitrogens with zero attached hydrogens (tertiary/aromatic N) is 3. The maximum atomic E-state index is 13.3. The molecule has 8 nitrogen and oxygen atoms in total. The van der Waals surface area contributed by atoms with Crippen LogP contribution in [0.15, 0.2) is 128 Å². The van der Waals surface area contributed by atoms with Crippen LogP contribution in [-0.4, -0.2) is 40.6 Å². The Morgan fingerprint density at radius 3 is 1.88 bits per heavy atom. The molecule has 1 unspecified atom stereocenters. The molecule has 0 radical (unpaired) electrons. The highest BCUT2D eigenvalue weighted by atomic mass is 16.6. The summed E-state index contributed by atoms with van der Waals surface area (Å²) >= 11 is 0. The lowest BCUT2D eigenvalue weighted by Gasteiger charge is -2.46. The molecule has 0 saturated heterocycles. The minimum absolute atomic E-state index is 0.274. The number of pyridine rings is 1. The molecule has 216 valence electrons. The summed E-state index contributed by atoms with van der Waals surface area (Å²) in [6, 6.07) is 36.3. The highest BCUT2D eigenvalue weighted by molar-refractivity contribution is 5.86. The second-order valence-corrected chi connectivity index (χ2v) is 11.2. The molecule has 0 fully saturated rings. The number of nitrogens with one attached hydrogen (secondary N) is 2. The number of carbonyl (C=O) groups excluding carboxylic acids is 1. The summed E-state index contributed by atoms with van der Waals surface area (Å²) in [7, 11) is 0. The maximum Gasteiger partial charge on any atom is 0.416 e. The number of hydrazine groups is 1. The lowest BCUT2D eigenvalue weighted by Crippen LogP contribution is -2.70. The van der Waals surface area contributed by atoms with Crippen molar-refractivity contribution in [3.05, 3.63) is 144 Å². The first-order valence-corrected chi connectivity index (χ1v) is 14.1. The third-order valence-corrected chi connectivity index (χ3v) is 7.11. The number of ether oxygens (including phenoxy) is 1. The number of hydrogen-bond donors (Lipinski definition) is 3. The molecule has 0 aliphatic carbocycles. The number of hydrogen-bond acceptors (Lipinski definition) is 7. The monoisotopic (exact) mass is 562 g/mol. The number of rotatable bonds is 9. The highest BCUT2D eigenvalue weighted by Crippen LogP contribution is 2.39. The Labute approximate surface area is 247 Å². The zero-order valence-corrected chi connectivity index (χ0v) is 24.3. The van der Waals surface area contributed by atoms with Gasteiger partial charge < -0.3 is 10.2 Å². The molecule has 1 aliphatic heterocycles. The fraction of sp³-hybridized carbons (Fsp3) is 0.235. The van der Waals surface area contributed by atoms with E-state index in [-0.39, 0.29) is 6.54 Å². The number of benzene rings is 3. The lowest BCUT2D eigenvalue weighted by atomic mass is 9.76. The quantitative estimate of drug-likeness (QED) is 0.187. The zero-order valence-electron chi connectivity index (χ0n) is 24.3. The highest BCUT2D eigenvalue weighted by Gasteiger charge is 2.45. The molecule has 0 saturated carbocycles. The Balaban J connectivity index is 1.51. The van der Waals surface area contributed by atoms with Gasteiger partial charge >= 0.3 is 6.09 Å². The van der Waals surface area contributed by atoms with Crippen molar-refractivity contribution < 1.29 is 9.53 Å². The van der Waals surface area contributed by atoms with Crippen LogP contribution in [0.4, 0.5) is 10.6 Å². The van der Waals surface area contributed by atoms with Crippen LogP contribution in [0.2, 0.25) is 0 Å². The summed E-state index contributed by atoms with van der Waals surface area (Å²) in [5.41, 5.74) is 12.2. The van der Waals surface area contributed by atoms with Gasteiger partial charge in [0.2, 0.25) is 0 Å². The van der Waals surface area contributed by atoms with Crippen molar-refractivity contribution in [1.29, 1.82) is 0 Å². The SMILES string of the molecule is CC(C)(C)OC(=O)N(CCN1NC=CC1(N)NC(c1ccccc1)(c1ccccc1)c1ccccc1)c1ccccn1. The van der Waals surface area contributed by atoms with E-state index in [0.717, 1.165) is 16.7 Å². The molecule has 0 bridgehead atoms. The molecule has 5 rings (SSSR count). The van der Waals surface area contributed by atoms with Crippen molar-refractivity contribution in [2.45, 2.75) is 37.7 Å². The van der Waals surface area contributed by atoms with Crippen molar-refractivity contribution in [3.8, 4) is 0 Å². The molecular weight excluding hydrogens is 524 g/mol. The van der Waals surface area contributed by atoms with Gasteiger partial charge in [0.05, 0.1) is 5.54 Å². The van der Waals surface area contributed by atoms with Gasteiger partial charge in [-0.25, -0.2) is 9.78 Å². The molecule has 1 aromatic heterocycles. The summed E-state index contributed by atoms with van der Waals surface area (Å²) in [6.45, 7) is 6.17. The van der Waals surface area contributed by atoms with Gasteiger partial charge in [-0.3, -0.25) is 16.0 Å². The third-order valence-electron chi connectivity index (χ3n) is 7.11. The van der Waals surface area contributed by atoms with Crippen molar-refractivity contribution in [1.82, 2.24) is 20.7 Å². The van der Waals surface area contributed by atoms with Crippen LogP contribution in [0.5, 0.6) is 0 Å². The molecular formula is C34H38N6O2. The van der Waals surface area contributed by atoms with Crippen LogP contribution in [0, 0.1) is 0 Å². The molecule has 3 aromatic carbocycles. The zero-order chi connectivity index (χ0) is 29.6. The van der Waals surface area contributed by atoms with Gasteiger partial charge in [-0.1, -0.05) is 97.1 Å². The molecule has 1 atom stereocenters. The summed E-state index contributed by atoms with van der Waals surface area (Å²) in [6.07, 6.45) is 4.90. The van der Waals surface area contributed by atoms with E-state index in [0.29, 0.717) is 12.4 Å². The van der Waals surface area contributed by atoms with E-state index in [2.05, 4.69) is 52.1 Å².